The lowest BCUT2D eigenvalue weighted by Crippen LogP contribution is -2.24. The van der Waals surface area contributed by atoms with E-state index in [1.165, 1.54) is 25.7 Å². The SMILES string of the molecule is CCNC(c1ccc(C)c(F)c1)C1C2CCCCC21. The highest BCUT2D eigenvalue weighted by atomic mass is 19.1. The molecule has 1 nitrogen and oxygen atoms in total. The summed E-state index contributed by atoms with van der Waals surface area (Å²) in [6.45, 7) is 4.93. The van der Waals surface area contributed by atoms with Gasteiger partial charge in [0.05, 0.1) is 0 Å². The maximum absolute atomic E-state index is 13.8. The van der Waals surface area contributed by atoms with Gasteiger partial charge in [0, 0.05) is 6.04 Å². The van der Waals surface area contributed by atoms with Gasteiger partial charge in [-0.15, -0.1) is 0 Å². The molecule has 0 aromatic heterocycles. The lowest BCUT2D eigenvalue weighted by atomic mass is 9.98. The summed E-state index contributed by atoms with van der Waals surface area (Å²) in [4.78, 5) is 0. The van der Waals surface area contributed by atoms with E-state index in [4.69, 9.17) is 0 Å². The van der Waals surface area contributed by atoms with E-state index in [0.717, 1.165) is 35.4 Å². The van der Waals surface area contributed by atoms with Gasteiger partial charge in [-0.1, -0.05) is 31.9 Å². The van der Waals surface area contributed by atoms with Crippen molar-refractivity contribution in [2.75, 3.05) is 6.54 Å². The van der Waals surface area contributed by atoms with Crippen LogP contribution in [0.3, 0.4) is 0 Å². The number of rotatable bonds is 4. The van der Waals surface area contributed by atoms with Gasteiger partial charge in [-0.05, 0) is 61.3 Å². The minimum absolute atomic E-state index is 0.0657. The molecule has 104 valence electrons. The van der Waals surface area contributed by atoms with E-state index in [1.54, 1.807) is 6.07 Å². The van der Waals surface area contributed by atoms with Gasteiger partial charge < -0.3 is 5.32 Å². The Kier molecular flexibility index (Phi) is 3.62. The standard InChI is InChI=1S/C17H24FN/c1-3-19-17(12-9-8-11(2)15(18)10-12)16-13-6-4-5-7-14(13)16/h8-10,13-14,16-17,19H,3-7H2,1-2H3. The minimum Gasteiger partial charge on any atom is -0.310 e. The molecule has 19 heavy (non-hydrogen) atoms. The number of hydrogen-bond donors (Lipinski definition) is 1. The lowest BCUT2D eigenvalue weighted by Gasteiger charge is -2.19. The quantitative estimate of drug-likeness (QED) is 0.855. The molecule has 0 aliphatic heterocycles. The van der Waals surface area contributed by atoms with Crippen LogP contribution in [0.2, 0.25) is 0 Å². The number of fused-ring (bicyclic) bond motifs is 1. The molecule has 1 aromatic carbocycles. The van der Waals surface area contributed by atoms with Crippen LogP contribution in [0.1, 0.15) is 49.8 Å². The van der Waals surface area contributed by atoms with Crippen LogP contribution in [0.25, 0.3) is 0 Å². The molecule has 0 heterocycles. The molecule has 2 saturated carbocycles. The second kappa shape index (κ2) is 5.24. The monoisotopic (exact) mass is 261 g/mol. The maximum atomic E-state index is 13.8. The summed E-state index contributed by atoms with van der Waals surface area (Å²) in [7, 11) is 0. The summed E-state index contributed by atoms with van der Waals surface area (Å²) in [5, 5.41) is 3.60. The summed E-state index contributed by atoms with van der Waals surface area (Å²) in [5.74, 6) is 2.46. The van der Waals surface area contributed by atoms with E-state index < -0.39 is 0 Å². The van der Waals surface area contributed by atoms with Crippen LogP contribution in [0, 0.1) is 30.5 Å². The van der Waals surface area contributed by atoms with Gasteiger partial charge in [-0.3, -0.25) is 0 Å². The molecule has 0 radical (unpaired) electrons. The van der Waals surface area contributed by atoms with Crippen molar-refractivity contribution in [2.24, 2.45) is 17.8 Å². The fraction of sp³-hybridized carbons (Fsp3) is 0.647. The van der Waals surface area contributed by atoms with Crippen LogP contribution in [-0.4, -0.2) is 6.54 Å². The number of benzene rings is 1. The van der Waals surface area contributed by atoms with Crippen LogP contribution in [-0.2, 0) is 0 Å². The van der Waals surface area contributed by atoms with Gasteiger partial charge in [0.15, 0.2) is 0 Å². The Morgan fingerprint density at radius 2 is 1.95 bits per heavy atom. The van der Waals surface area contributed by atoms with Crippen molar-refractivity contribution < 1.29 is 4.39 Å². The molecule has 0 amide bonds. The van der Waals surface area contributed by atoms with Gasteiger partial charge in [-0.25, -0.2) is 4.39 Å². The summed E-state index contributed by atoms with van der Waals surface area (Å²) in [6, 6.07) is 6.12. The largest absolute Gasteiger partial charge is 0.310 e. The third-order valence-corrected chi connectivity index (χ3v) is 5.09. The van der Waals surface area contributed by atoms with E-state index in [9.17, 15) is 4.39 Å². The van der Waals surface area contributed by atoms with E-state index in [1.807, 2.05) is 13.0 Å². The molecule has 3 unspecified atom stereocenters. The molecule has 2 heteroatoms. The Hall–Kier alpha value is -0.890. The Balaban J connectivity index is 1.82. The minimum atomic E-state index is -0.0657. The molecule has 1 N–H and O–H groups in total. The van der Waals surface area contributed by atoms with Gasteiger partial charge in [0.2, 0.25) is 0 Å². The topological polar surface area (TPSA) is 12.0 Å². The van der Waals surface area contributed by atoms with Gasteiger partial charge in [-0.2, -0.15) is 0 Å². The Labute approximate surface area is 115 Å². The van der Waals surface area contributed by atoms with Gasteiger partial charge in [0.1, 0.15) is 5.82 Å². The number of aryl methyl sites for hydroxylation is 1. The van der Waals surface area contributed by atoms with E-state index in [-0.39, 0.29) is 5.82 Å². The maximum Gasteiger partial charge on any atom is 0.126 e. The van der Waals surface area contributed by atoms with Crippen molar-refractivity contribution in [3.63, 3.8) is 0 Å². The predicted octanol–water partition coefficient (Wildman–Crippen LogP) is 4.22. The normalized spacial score (nSPS) is 30.8. The zero-order chi connectivity index (χ0) is 13.4. The fourth-order valence-electron chi connectivity index (χ4n) is 4.04. The van der Waals surface area contributed by atoms with E-state index >= 15 is 0 Å². The summed E-state index contributed by atoms with van der Waals surface area (Å²) >= 11 is 0. The molecule has 0 saturated heterocycles. The van der Waals surface area contributed by atoms with Crippen LogP contribution >= 0.6 is 0 Å². The molecular formula is C17H24FN. The highest BCUT2D eigenvalue weighted by Crippen LogP contribution is 2.60. The van der Waals surface area contributed by atoms with E-state index in [0.29, 0.717) is 6.04 Å². The average molecular weight is 261 g/mol. The molecule has 3 rings (SSSR count). The molecule has 1 aromatic rings. The second-order valence-electron chi connectivity index (χ2n) is 6.23. The summed E-state index contributed by atoms with van der Waals surface area (Å²) in [5.41, 5.74) is 1.89. The van der Waals surface area contributed by atoms with Crippen LogP contribution in [0.5, 0.6) is 0 Å². The van der Waals surface area contributed by atoms with Crippen LogP contribution in [0.15, 0.2) is 18.2 Å². The van der Waals surface area contributed by atoms with Crippen LogP contribution < -0.4 is 5.32 Å². The summed E-state index contributed by atoms with van der Waals surface area (Å²) < 4.78 is 13.8. The Morgan fingerprint density at radius 1 is 1.26 bits per heavy atom. The lowest BCUT2D eigenvalue weighted by molar-refractivity contribution is 0.454. The average Bonchev–Trinajstić information content (AvgIpc) is 3.13. The Bertz CT molecular complexity index is 445. The predicted molar refractivity (Wildman–Crippen MR) is 76.5 cm³/mol. The number of nitrogens with one attached hydrogen (secondary N) is 1. The van der Waals surface area contributed by atoms with Crippen molar-refractivity contribution in [3.8, 4) is 0 Å². The smallest absolute Gasteiger partial charge is 0.126 e. The Morgan fingerprint density at radius 3 is 2.53 bits per heavy atom. The van der Waals surface area contributed by atoms with Crippen molar-refractivity contribution >= 4 is 0 Å². The highest BCUT2D eigenvalue weighted by Gasteiger charge is 2.54. The van der Waals surface area contributed by atoms with Gasteiger partial charge in [0.25, 0.3) is 0 Å². The molecule has 3 atom stereocenters. The van der Waals surface area contributed by atoms with Crippen LogP contribution in [0.4, 0.5) is 4.39 Å². The third kappa shape index (κ3) is 2.43. The van der Waals surface area contributed by atoms with E-state index in [2.05, 4.69) is 18.3 Å². The molecule has 0 bridgehead atoms. The zero-order valence-corrected chi connectivity index (χ0v) is 12.0. The molecule has 2 aliphatic rings. The first-order valence-electron chi connectivity index (χ1n) is 7.71. The molecule has 0 spiro atoms. The summed E-state index contributed by atoms with van der Waals surface area (Å²) in [6.07, 6.45) is 5.54. The first kappa shape index (κ1) is 13.1. The third-order valence-electron chi connectivity index (χ3n) is 5.09. The molecule has 2 aliphatic carbocycles. The first-order valence-corrected chi connectivity index (χ1v) is 7.71. The first-order chi connectivity index (χ1) is 9.22. The van der Waals surface area contributed by atoms with Gasteiger partial charge >= 0.3 is 0 Å². The molecule has 2 fully saturated rings. The van der Waals surface area contributed by atoms with Crippen molar-refractivity contribution in [1.82, 2.24) is 5.32 Å². The highest BCUT2D eigenvalue weighted by molar-refractivity contribution is 5.28. The molecular weight excluding hydrogens is 237 g/mol. The number of halogens is 1. The van der Waals surface area contributed by atoms with Crippen molar-refractivity contribution in [1.29, 1.82) is 0 Å². The zero-order valence-electron chi connectivity index (χ0n) is 12.0. The van der Waals surface area contributed by atoms with Crippen molar-refractivity contribution in [2.45, 2.75) is 45.6 Å². The second-order valence-corrected chi connectivity index (χ2v) is 6.23. The fourth-order valence-corrected chi connectivity index (χ4v) is 4.04. The van der Waals surface area contributed by atoms with Crippen molar-refractivity contribution in [3.05, 3.63) is 35.1 Å². The number of hydrogen-bond acceptors (Lipinski definition) is 1.